The first kappa shape index (κ1) is 52.1. The molecule has 7 heteroatoms. The number of carbonyl (C=O) groups is 2. The zero-order valence-electron chi connectivity index (χ0n) is 28.7. The van der Waals surface area contributed by atoms with Crippen molar-refractivity contribution in [3.8, 4) is 0 Å². The molecular weight excluding hydrogens is 576 g/mol. The molecule has 0 aliphatic carbocycles. The second-order valence-electron chi connectivity index (χ2n) is 12.2. The zero-order valence-corrected chi connectivity index (χ0v) is 30.2. The summed E-state index contributed by atoms with van der Waals surface area (Å²) < 4.78 is 0. The second-order valence-corrected chi connectivity index (χ2v) is 12.2. The number of aliphatic carboxylic acids is 2. The largest absolute Gasteiger partial charge is 4.00 e. The van der Waals surface area contributed by atoms with Crippen LogP contribution in [0.5, 0.6) is 0 Å². The molecule has 0 aromatic rings. The number of carboxylic acid groups (broad SMARTS) is 2. The van der Waals surface area contributed by atoms with Crippen LogP contribution in [0, 0.1) is 0 Å². The van der Waals surface area contributed by atoms with Crippen LogP contribution in [-0.4, -0.2) is 22.2 Å². The van der Waals surface area contributed by atoms with Gasteiger partial charge in [0.25, 0.3) is 0 Å². The van der Waals surface area contributed by atoms with Crippen LogP contribution in [0.15, 0.2) is 0 Å². The molecule has 0 aromatic carbocycles. The smallest absolute Gasteiger partial charge is 2.00 e. The van der Waals surface area contributed by atoms with E-state index in [2.05, 4.69) is 13.8 Å². The van der Waals surface area contributed by atoms with E-state index in [-0.39, 0.29) is 32.7 Å². The fraction of sp³-hybridized carbons (Fsp3) is 0.944. The number of hydrogen-bond donors (Lipinski definition) is 2. The summed E-state index contributed by atoms with van der Waals surface area (Å²) in [6, 6.07) is 0. The van der Waals surface area contributed by atoms with E-state index in [4.69, 9.17) is 10.2 Å². The van der Waals surface area contributed by atoms with Crippen LogP contribution < -0.4 is 0 Å². The monoisotopic (exact) mass is 648 g/mol. The molecule has 2 N–H and O–H groups in total. The minimum Gasteiger partial charge on any atom is -2.00 e. The summed E-state index contributed by atoms with van der Waals surface area (Å²) in [7, 11) is 0. The van der Waals surface area contributed by atoms with Gasteiger partial charge in [-0.05, 0) is 12.8 Å². The summed E-state index contributed by atoms with van der Waals surface area (Å²) in [4.78, 5) is 20.7. The van der Waals surface area contributed by atoms with E-state index in [1.165, 1.54) is 167 Å². The summed E-state index contributed by atoms with van der Waals surface area (Å²) in [5, 5.41) is 17.0. The Kier molecular flexibility index (Phi) is 58.8. The van der Waals surface area contributed by atoms with Gasteiger partial charge in [0, 0.05) is 12.8 Å². The van der Waals surface area contributed by atoms with Crippen LogP contribution in [0.3, 0.4) is 0 Å². The Hall–Kier alpha value is -0.426. The third-order valence-electron chi connectivity index (χ3n) is 7.99. The number of unbranched alkanes of at least 4 members (excludes halogenated alkanes) is 28. The van der Waals surface area contributed by atoms with Crippen molar-refractivity contribution in [3.63, 3.8) is 0 Å². The summed E-state index contributed by atoms with van der Waals surface area (Å²) in [6.45, 7) is 4.54. The normalized spacial score (nSPS) is 10.1. The molecule has 0 fully saturated rings. The fourth-order valence-electron chi connectivity index (χ4n) is 5.30. The van der Waals surface area contributed by atoms with Gasteiger partial charge in [-0.25, -0.2) is 0 Å². The molecule has 0 aliphatic rings. The van der Waals surface area contributed by atoms with Gasteiger partial charge in [-0.15, -0.1) is 0 Å². The van der Waals surface area contributed by atoms with Crippen molar-refractivity contribution in [2.45, 2.75) is 219 Å². The number of hydrogen-bond acceptors (Lipinski definition) is 2. The van der Waals surface area contributed by atoms with E-state index in [1.54, 1.807) is 0 Å². The first-order valence-electron chi connectivity index (χ1n) is 18.0. The molecule has 0 bridgehead atoms. The zero-order chi connectivity index (χ0) is 29.8. The van der Waals surface area contributed by atoms with E-state index in [0.717, 1.165) is 25.7 Å². The predicted octanol–water partition coefficient (Wildman–Crippen LogP) is 12.4. The Labute approximate surface area is 282 Å². The van der Waals surface area contributed by atoms with Crippen LogP contribution in [0.25, 0.3) is 0 Å². The second kappa shape index (κ2) is 48.5. The Balaban J connectivity index is -0.000000209. The van der Waals surface area contributed by atoms with Gasteiger partial charge in [0.15, 0.2) is 0 Å². The van der Waals surface area contributed by atoms with E-state index in [0.29, 0.717) is 12.8 Å². The van der Waals surface area contributed by atoms with Crippen molar-refractivity contribution in [1.82, 2.24) is 0 Å². The number of rotatable bonds is 32. The Bertz CT molecular complexity index is 460. The van der Waals surface area contributed by atoms with Gasteiger partial charge in [0.1, 0.15) is 0 Å². The van der Waals surface area contributed by atoms with Gasteiger partial charge >= 0.3 is 33.7 Å². The number of carboxylic acids is 2. The Morgan fingerprint density at radius 2 is 0.465 bits per heavy atom. The van der Waals surface area contributed by atoms with Crippen LogP contribution in [-0.2, 0) is 42.3 Å². The third-order valence-corrected chi connectivity index (χ3v) is 7.99. The molecule has 0 radical (unpaired) electrons. The molecule has 0 aliphatic heterocycles. The van der Waals surface area contributed by atoms with Crippen molar-refractivity contribution in [1.29, 1.82) is 0 Å². The summed E-state index contributed by atoms with van der Waals surface area (Å²) in [5.74, 6) is -1.31. The molecule has 6 nitrogen and oxygen atoms in total. The minimum atomic E-state index is -0.653. The van der Waals surface area contributed by atoms with E-state index in [9.17, 15) is 9.59 Å². The maximum absolute atomic E-state index is 10.3. The maximum atomic E-state index is 10.3. The molecule has 0 spiro atoms. The average Bonchev–Trinajstić information content (AvgIpc) is 2.93. The molecular formula is C36H72O6Ti. The van der Waals surface area contributed by atoms with Crippen molar-refractivity contribution in [2.24, 2.45) is 0 Å². The first-order valence-corrected chi connectivity index (χ1v) is 18.0. The summed E-state index contributed by atoms with van der Waals surface area (Å²) in [6.07, 6.45) is 40.4. The third kappa shape index (κ3) is 57.8. The van der Waals surface area contributed by atoms with Crippen molar-refractivity contribution in [3.05, 3.63) is 0 Å². The maximum Gasteiger partial charge on any atom is 4.00 e. The average molecular weight is 649 g/mol. The van der Waals surface area contributed by atoms with Crippen LogP contribution in [0.1, 0.15) is 219 Å². The molecule has 0 saturated heterocycles. The van der Waals surface area contributed by atoms with Gasteiger partial charge in [-0.1, -0.05) is 194 Å². The molecule has 0 heterocycles. The van der Waals surface area contributed by atoms with E-state index < -0.39 is 11.9 Å². The van der Waals surface area contributed by atoms with Gasteiger partial charge < -0.3 is 21.2 Å². The molecule has 256 valence electrons. The van der Waals surface area contributed by atoms with Crippen LogP contribution in [0.2, 0.25) is 0 Å². The molecule has 0 saturated carbocycles. The molecule has 0 aromatic heterocycles. The minimum absolute atomic E-state index is 0. The van der Waals surface area contributed by atoms with E-state index in [1.807, 2.05) is 0 Å². The van der Waals surface area contributed by atoms with Crippen molar-refractivity contribution in [2.75, 3.05) is 0 Å². The van der Waals surface area contributed by atoms with Crippen LogP contribution >= 0.6 is 0 Å². The Morgan fingerprint density at radius 3 is 0.605 bits per heavy atom. The molecule has 0 unspecified atom stereocenters. The topological polar surface area (TPSA) is 132 Å². The fourth-order valence-corrected chi connectivity index (χ4v) is 5.30. The predicted molar refractivity (Wildman–Crippen MR) is 176 cm³/mol. The molecule has 0 atom stereocenters. The SMILES string of the molecule is CCCCCCCCCCCCCCCCCC(=O)O.CCCCCCCCCCCCCCCCCC(=O)O.[O-2].[O-2].[Ti+4]. The quantitative estimate of drug-likeness (QED) is 0.0554. The summed E-state index contributed by atoms with van der Waals surface area (Å²) in [5.41, 5.74) is 0. The van der Waals surface area contributed by atoms with Gasteiger partial charge in [0.2, 0.25) is 0 Å². The van der Waals surface area contributed by atoms with Crippen LogP contribution in [0.4, 0.5) is 0 Å². The van der Waals surface area contributed by atoms with Crippen molar-refractivity contribution >= 4 is 11.9 Å². The van der Waals surface area contributed by atoms with Crippen molar-refractivity contribution < 1.29 is 52.5 Å². The molecule has 43 heavy (non-hydrogen) atoms. The Morgan fingerprint density at radius 1 is 0.326 bits per heavy atom. The first-order chi connectivity index (χ1) is 19.5. The molecule has 0 amide bonds. The molecule has 0 rings (SSSR count). The van der Waals surface area contributed by atoms with E-state index >= 15 is 0 Å². The van der Waals surface area contributed by atoms with Gasteiger partial charge in [-0.2, -0.15) is 0 Å². The van der Waals surface area contributed by atoms with Gasteiger partial charge in [-0.3, -0.25) is 9.59 Å². The standard InChI is InChI=1S/2C18H36O2.2O.Ti/c2*1-2-3-4-5-6-7-8-9-10-11-12-13-14-15-16-17-18(19)20;;;/h2*2-17H2,1H3,(H,19,20);;;/q;;2*-2;+4. The van der Waals surface area contributed by atoms with Gasteiger partial charge in [0.05, 0.1) is 0 Å². The summed E-state index contributed by atoms with van der Waals surface area (Å²) >= 11 is 0.